The second-order valence-electron chi connectivity index (χ2n) is 4.91. The van der Waals surface area contributed by atoms with Crippen molar-refractivity contribution in [1.29, 1.82) is 0 Å². The smallest absolute Gasteiger partial charge is 0.0485 e. The van der Waals surface area contributed by atoms with E-state index in [0.29, 0.717) is 5.92 Å². The van der Waals surface area contributed by atoms with Crippen molar-refractivity contribution in [3.63, 3.8) is 0 Å². The molecule has 0 fully saturated rings. The van der Waals surface area contributed by atoms with Gasteiger partial charge in [-0.15, -0.1) is 0 Å². The Morgan fingerprint density at radius 2 is 2.00 bits per heavy atom. The maximum absolute atomic E-state index is 5.71. The lowest BCUT2D eigenvalue weighted by Gasteiger charge is -2.23. The number of hydrogen-bond acceptors (Lipinski definition) is 2. The molecule has 0 aliphatic heterocycles. The van der Waals surface area contributed by atoms with Crippen LogP contribution in [0.1, 0.15) is 57.2 Å². The van der Waals surface area contributed by atoms with Crippen LogP contribution < -0.4 is 11.3 Å². The Morgan fingerprint density at radius 1 is 1.24 bits per heavy atom. The summed E-state index contributed by atoms with van der Waals surface area (Å²) in [6.07, 6.45) is 4.74. The lowest BCUT2D eigenvalue weighted by molar-refractivity contribution is 0.368. The standard InChI is InChI=1S/C15H26N2/c1-4-7-12(3)15(17-16)14-10-6-9-13(11-14)8-5-2/h6,9-12,15,17H,4-5,7-8,16H2,1-3H3. The monoisotopic (exact) mass is 234 g/mol. The van der Waals surface area contributed by atoms with Crippen molar-refractivity contribution in [3.8, 4) is 0 Å². The van der Waals surface area contributed by atoms with Crippen LogP contribution in [-0.4, -0.2) is 0 Å². The normalized spacial score (nSPS) is 14.6. The van der Waals surface area contributed by atoms with E-state index >= 15 is 0 Å². The van der Waals surface area contributed by atoms with Crippen molar-refractivity contribution in [2.75, 3.05) is 0 Å². The van der Waals surface area contributed by atoms with E-state index in [-0.39, 0.29) is 6.04 Å². The summed E-state index contributed by atoms with van der Waals surface area (Å²) in [6.45, 7) is 6.70. The van der Waals surface area contributed by atoms with E-state index in [9.17, 15) is 0 Å². The third-order valence-electron chi connectivity index (χ3n) is 3.34. The van der Waals surface area contributed by atoms with Gasteiger partial charge >= 0.3 is 0 Å². The highest BCUT2D eigenvalue weighted by Gasteiger charge is 2.17. The van der Waals surface area contributed by atoms with E-state index in [1.807, 2.05) is 0 Å². The summed E-state index contributed by atoms with van der Waals surface area (Å²) < 4.78 is 0. The molecule has 2 atom stereocenters. The van der Waals surface area contributed by atoms with Crippen LogP contribution in [0, 0.1) is 5.92 Å². The van der Waals surface area contributed by atoms with Gasteiger partial charge in [-0.05, 0) is 29.9 Å². The van der Waals surface area contributed by atoms with Gasteiger partial charge in [-0.3, -0.25) is 11.3 Å². The first-order valence-corrected chi connectivity index (χ1v) is 6.77. The highest BCUT2D eigenvalue weighted by atomic mass is 15.2. The van der Waals surface area contributed by atoms with Gasteiger partial charge in [0.2, 0.25) is 0 Å². The molecule has 0 aliphatic rings. The van der Waals surface area contributed by atoms with E-state index in [1.54, 1.807) is 0 Å². The molecule has 0 aromatic heterocycles. The van der Waals surface area contributed by atoms with Crippen LogP contribution >= 0.6 is 0 Å². The van der Waals surface area contributed by atoms with Gasteiger partial charge in [0.05, 0.1) is 0 Å². The highest BCUT2D eigenvalue weighted by molar-refractivity contribution is 5.26. The highest BCUT2D eigenvalue weighted by Crippen LogP contribution is 2.25. The van der Waals surface area contributed by atoms with E-state index in [1.165, 1.54) is 30.4 Å². The number of aryl methyl sites for hydroxylation is 1. The maximum Gasteiger partial charge on any atom is 0.0485 e. The third kappa shape index (κ3) is 4.14. The zero-order valence-electron chi connectivity index (χ0n) is 11.4. The van der Waals surface area contributed by atoms with Crippen LogP contribution in [0.5, 0.6) is 0 Å². The van der Waals surface area contributed by atoms with Crippen molar-refractivity contribution >= 4 is 0 Å². The average Bonchev–Trinajstić information content (AvgIpc) is 2.31. The van der Waals surface area contributed by atoms with Gasteiger partial charge in [0.25, 0.3) is 0 Å². The topological polar surface area (TPSA) is 38.0 Å². The van der Waals surface area contributed by atoms with Gasteiger partial charge in [-0.2, -0.15) is 0 Å². The molecule has 3 N–H and O–H groups in total. The summed E-state index contributed by atoms with van der Waals surface area (Å²) >= 11 is 0. The fourth-order valence-electron chi connectivity index (χ4n) is 2.44. The van der Waals surface area contributed by atoms with Crippen LogP contribution in [0.2, 0.25) is 0 Å². The van der Waals surface area contributed by atoms with E-state index in [2.05, 4.69) is 50.5 Å². The number of benzene rings is 1. The van der Waals surface area contributed by atoms with Crippen LogP contribution in [-0.2, 0) is 6.42 Å². The maximum atomic E-state index is 5.71. The second-order valence-corrected chi connectivity index (χ2v) is 4.91. The van der Waals surface area contributed by atoms with Gasteiger partial charge in [-0.25, -0.2) is 0 Å². The third-order valence-corrected chi connectivity index (χ3v) is 3.34. The Bertz CT molecular complexity index is 322. The van der Waals surface area contributed by atoms with Crippen LogP contribution in [0.3, 0.4) is 0 Å². The molecule has 0 amide bonds. The summed E-state index contributed by atoms with van der Waals surface area (Å²) in [5.41, 5.74) is 5.70. The Hall–Kier alpha value is -0.860. The SMILES string of the molecule is CCCc1cccc(C(NN)C(C)CCC)c1. The van der Waals surface area contributed by atoms with Crippen LogP contribution in [0.15, 0.2) is 24.3 Å². The fraction of sp³-hybridized carbons (Fsp3) is 0.600. The van der Waals surface area contributed by atoms with E-state index in [4.69, 9.17) is 5.84 Å². The second kappa shape index (κ2) is 7.46. The van der Waals surface area contributed by atoms with E-state index < -0.39 is 0 Å². The summed E-state index contributed by atoms with van der Waals surface area (Å²) in [5, 5.41) is 0. The average molecular weight is 234 g/mol. The Kier molecular flexibility index (Phi) is 6.23. The minimum absolute atomic E-state index is 0.270. The van der Waals surface area contributed by atoms with Gasteiger partial charge in [0.15, 0.2) is 0 Å². The van der Waals surface area contributed by atoms with Crippen molar-refractivity contribution in [2.45, 2.75) is 52.5 Å². The quantitative estimate of drug-likeness (QED) is 0.559. The molecular weight excluding hydrogens is 208 g/mol. The molecule has 17 heavy (non-hydrogen) atoms. The Balaban J connectivity index is 2.83. The molecule has 0 saturated carbocycles. The van der Waals surface area contributed by atoms with Gasteiger partial charge < -0.3 is 0 Å². The first-order valence-electron chi connectivity index (χ1n) is 6.77. The molecule has 2 nitrogen and oxygen atoms in total. The Morgan fingerprint density at radius 3 is 2.59 bits per heavy atom. The van der Waals surface area contributed by atoms with Crippen molar-refractivity contribution in [3.05, 3.63) is 35.4 Å². The molecule has 0 aliphatic carbocycles. The summed E-state index contributed by atoms with van der Waals surface area (Å²) in [7, 11) is 0. The van der Waals surface area contributed by atoms with Crippen molar-refractivity contribution in [2.24, 2.45) is 11.8 Å². The predicted molar refractivity (Wildman–Crippen MR) is 74.6 cm³/mol. The lowest BCUT2D eigenvalue weighted by Crippen LogP contribution is -2.32. The van der Waals surface area contributed by atoms with Crippen LogP contribution in [0.4, 0.5) is 0 Å². The molecule has 1 aromatic rings. The number of nitrogens with two attached hydrogens (primary N) is 1. The molecular formula is C15H26N2. The lowest BCUT2D eigenvalue weighted by atomic mass is 9.90. The molecule has 0 heterocycles. The first kappa shape index (κ1) is 14.2. The number of hydrogen-bond donors (Lipinski definition) is 2. The zero-order chi connectivity index (χ0) is 12.7. The van der Waals surface area contributed by atoms with Crippen molar-refractivity contribution < 1.29 is 0 Å². The molecule has 2 heteroatoms. The summed E-state index contributed by atoms with van der Waals surface area (Å²) in [5.74, 6) is 6.28. The minimum atomic E-state index is 0.270. The number of nitrogens with one attached hydrogen (secondary N) is 1. The number of hydrazine groups is 1. The molecule has 1 rings (SSSR count). The molecule has 0 saturated heterocycles. The molecule has 1 aromatic carbocycles. The first-order chi connectivity index (χ1) is 8.22. The van der Waals surface area contributed by atoms with Gasteiger partial charge in [-0.1, -0.05) is 57.9 Å². The van der Waals surface area contributed by atoms with Gasteiger partial charge in [0.1, 0.15) is 0 Å². The predicted octanol–water partition coefficient (Wildman–Crippen LogP) is 3.58. The van der Waals surface area contributed by atoms with Crippen molar-refractivity contribution in [1.82, 2.24) is 5.43 Å². The summed E-state index contributed by atoms with van der Waals surface area (Å²) in [6, 6.07) is 9.08. The minimum Gasteiger partial charge on any atom is -0.271 e. The fourth-order valence-corrected chi connectivity index (χ4v) is 2.44. The van der Waals surface area contributed by atoms with Gasteiger partial charge in [0, 0.05) is 6.04 Å². The van der Waals surface area contributed by atoms with Crippen LogP contribution in [0.25, 0.3) is 0 Å². The molecule has 0 bridgehead atoms. The molecule has 96 valence electrons. The largest absolute Gasteiger partial charge is 0.271 e. The number of rotatable bonds is 7. The van der Waals surface area contributed by atoms with E-state index in [0.717, 1.165) is 6.42 Å². The molecule has 0 spiro atoms. The Labute approximate surface area is 106 Å². The zero-order valence-corrected chi connectivity index (χ0v) is 11.4. The molecule has 0 radical (unpaired) electrons. The molecule has 2 unspecified atom stereocenters. The summed E-state index contributed by atoms with van der Waals surface area (Å²) in [4.78, 5) is 0.